The minimum Gasteiger partial charge on any atom is -0.469 e. The van der Waals surface area contributed by atoms with Crippen LogP contribution in [0.2, 0.25) is 0 Å². The molecule has 7 nitrogen and oxygen atoms in total. The van der Waals surface area contributed by atoms with Crippen molar-refractivity contribution >= 4 is 17.0 Å². The number of hydrogen-bond acceptors (Lipinski definition) is 6. The van der Waals surface area contributed by atoms with E-state index in [1.165, 1.54) is 19.4 Å². The van der Waals surface area contributed by atoms with E-state index in [0.29, 0.717) is 40.7 Å². The number of ether oxygens (including phenoxy) is 1. The monoisotopic (exact) mass is 409 g/mol. The van der Waals surface area contributed by atoms with Crippen LogP contribution in [0.3, 0.4) is 0 Å². The largest absolute Gasteiger partial charge is 0.469 e. The van der Waals surface area contributed by atoms with E-state index < -0.39 is 5.82 Å². The van der Waals surface area contributed by atoms with Crippen LogP contribution in [0.15, 0.2) is 24.7 Å². The van der Waals surface area contributed by atoms with Gasteiger partial charge in [-0.1, -0.05) is 0 Å². The second-order valence-electron chi connectivity index (χ2n) is 8.48. The fourth-order valence-electron chi connectivity index (χ4n) is 5.54. The Bertz CT molecular complexity index is 1110. The number of hydrogen-bond donors (Lipinski definition) is 0. The first-order valence-corrected chi connectivity index (χ1v) is 10.4. The van der Waals surface area contributed by atoms with Crippen LogP contribution in [0.25, 0.3) is 22.4 Å². The summed E-state index contributed by atoms with van der Waals surface area (Å²) in [5.74, 6) is 0.544. The van der Waals surface area contributed by atoms with Crippen LogP contribution in [0.4, 0.5) is 4.39 Å². The van der Waals surface area contributed by atoms with Gasteiger partial charge in [0.15, 0.2) is 5.65 Å². The summed E-state index contributed by atoms with van der Waals surface area (Å²) >= 11 is 0. The molecule has 3 aliphatic carbocycles. The van der Waals surface area contributed by atoms with Gasteiger partial charge in [0, 0.05) is 13.2 Å². The second-order valence-corrected chi connectivity index (χ2v) is 8.48. The number of carbonyl (C=O) groups excluding carboxylic acids is 1. The van der Waals surface area contributed by atoms with Crippen LogP contribution in [0.5, 0.6) is 0 Å². The van der Waals surface area contributed by atoms with Crippen molar-refractivity contribution in [2.45, 2.75) is 32.1 Å². The Hall–Kier alpha value is -2.90. The van der Waals surface area contributed by atoms with Crippen molar-refractivity contribution in [3.05, 3.63) is 36.2 Å². The van der Waals surface area contributed by atoms with Gasteiger partial charge in [-0.15, -0.1) is 0 Å². The Kier molecular flexibility index (Phi) is 4.72. The fourth-order valence-corrected chi connectivity index (χ4v) is 5.54. The summed E-state index contributed by atoms with van der Waals surface area (Å²) in [5, 5.41) is 5.10. The number of methoxy groups -OCH3 is 1. The van der Waals surface area contributed by atoms with Gasteiger partial charge in [0.25, 0.3) is 0 Å². The van der Waals surface area contributed by atoms with Crippen LogP contribution in [0.1, 0.15) is 31.4 Å². The number of aromatic nitrogens is 5. The highest BCUT2D eigenvalue weighted by atomic mass is 19.1. The number of nitrogens with zero attached hydrogens (tertiary/aromatic N) is 5. The maximum Gasteiger partial charge on any atom is 0.309 e. The molecule has 3 saturated carbocycles. The molecular weight excluding hydrogens is 385 g/mol. The molecule has 0 aliphatic heterocycles. The van der Waals surface area contributed by atoms with Crippen molar-refractivity contribution in [1.82, 2.24) is 24.7 Å². The molecule has 3 aromatic heterocycles. The molecule has 0 N–H and O–H groups in total. The average molecular weight is 409 g/mol. The van der Waals surface area contributed by atoms with Gasteiger partial charge in [0.2, 0.25) is 0 Å². The van der Waals surface area contributed by atoms with E-state index in [4.69, 9.17) is 9.72 Å². The van der Waals surface area contributed by atoms with Gasteiger partial charge in [0.1, 0.15) is 17.2 Å². The third kappa shape index (κ3) is 3.14. The van der Waals surface area contributed by atoms with Crippen molar-refractivity contribution in [2.75, 3.05) is 7.11 Å². The third-order valence-electron chi connectivity index (χ3n) is 6.88. The number of pyridine rings is 1. The van der Waals surface area contributed by atoms with Crippen molar-refractivity contribution in [3.8, 4) is 11.4 Å². The molecule has 0 radical (unpaired) electrons. The Morgan fingerprint density at radius 2 is 1.97 bits per heavy atom. The van der Waals surface area contributed by atoms with Crippen molar-refractivity contribution < 1.29 is 13.9 Å². The van der Waals surface area contributed by atoms with Gasteiger partial charge in [-0.25, -0.2) is 19.0 Å². The first kappa shape index (κ1) is 19.1. The molecule has 8 heteroatoms. The normalized spacial score (nSPS) is 25.6. The first-order valence-electron chi connectivity index (χ1n) is 10.4. The van der Waals surface area contributed by atoms with Crippen molar-refractivity contribution in [3.63, 3.8) is 0 Å². The lowest BCUT2D eigenvalue weighted by Crippen LogP contribution is -2.45. The quantitative estimate of drug-likeness (QED) is 0.615. The van der Waals surface area contributed by atoms with Gasteiger partial charge in [0.05, 0.1) is 36.5 Å². The van der Waals surface area contributed by atoms with Gasteiger partial charge >= 0.3 is 5.97 Å². The lowest BCUT2D eigenvalue weighted by Gasteiger charge is -2.47. The van der Waals surface area contributed by atoms with Crippen molar-refractivity contribution in [2.24, 2.45) is 30.7 Å². The van der Waals surface area contributed by atoms with E-state index in [9.17, 15) is 9.18 Å². The number of aryl methyl sites for hydroxylation is 1. The average Bonchev–Trinajstić information content (AvgIpc) is 3.10. The van der Waals surface area contributed by atoms with Crippen LogP contribution in [-0.2, 0) is 23.0 Å². The number of rotatable bonds is 4. The van der Waals surface area contributed by atoms with E-state index in [-0.39, 0.29) is 17.8 Å². The number of halogens is 1. The zero-order valence-electron chi connectivity index (χ0n) is 17.1. The molecule has 0 spiro atoms. The summed E-state index contributed by atoms with van der Waals surface area (Å²) in [5.41, 5.74) is 2.56. The summed E-state index contributed by atoms with van der Waals surface area (Å²) in [6.07, 6.45) is 9.78. The molecule has 0 saturated heterocycles. The summed E-state index contributed by atoms with van der Waals surface area (Å²) in [7, 11) is 3.25. The molecule has 2 atom stereocenters. The molecule has 2 bridgehead atoms. The zero-order valence-corrected chi connectivity index (χ0v) is 17.1. The molecule has 3 aliphatic rings. The predicted octanol–water partition coefficient (Wildman–Crippen LogP) is 3.33. The molecular formula is C22H24FN5O2. The molecule has 0 aromatic carbocycles. The molecule has 3 heterocycles. The number of carbonyl (C=O) groups is 1. The van der Waals surface area contributed by atoms with Crippen molar-refractivity contribution in [1.29, 1.82) is 0 Å². The van der Waals surface area contributed by atoms with Crippen LogP contribution in [0, 0.1) is 29.5 Å². The SMILES string of the molecule is COC(=O)[C@H]1C2CCC(CC2)C1Cc1cncc(-c2nn(C)c3ncc(F)cc23)n1. The highest BCUT2D eigenvalue weighted by Crippen LogP contribution is 2.50. The fraction of sp³-hybridized carbons (Fsp3) is 0.500. The number of esters is 1. The van der Waals surface area contributed by atoms with Gasteiger partial charge in [-0.05, 0) is 55.9 Å². The Labute approximate surface area is 173 Å². The second kappa shape index (κ2) is 7.41. The van der Waals surface area contributed by atoms with Crippen LogP contribution < -0.4 is 0 Å². The van der Waals surface area contributed by atoms with Gasteiger partial charge in [-0.3, -0.25) is 9.78 Å². The Morgan fingerprint density at radius 1 is 1.20 bits per heavy atom. The third-order valence-corrected chi connectivity index (χ3v) is 6.88. The van der Waals surface area contributed by atoms with E-state index in [2.05, 4.69) is 15.1 Å². The van der Waals surface area contributed by atoms with Crippen LogP contribution in [-0.4, -0.2) is 37.8 Å². The first-order chi connectivity index (χ1) is 14.5. The van der Waals surface area contributed by atoms with E-state index in [1.807, 2.05) is 0 Å². The molecule has 0 amide bonds. The van der Waals surface area contributed by atoms with E-state index in [1.54, 1.807) is 24.1 Å². The molecule has 30 heavy (non-hydrogen) atoms. The highest BCUT2D eigenvalue weighted by Gasteiger charge is 2.47. The van der Waals surface area contributed by atoms with Gasteiger partial charge in [-0.2, -0.15) is 5.10 Å². The minimum atomic E-state index is -0.417. The van der Waals surface area contributed by atoms with Crippen LogP contribution >= 0.6 is 0 Å². The molecule has 3 fully saturated rings. The summed E-state index contributed by atoms with van der Waals surface area (Å²) < 4.78 is 20.5. The summed E-state index contributed by atoms with van der Waals surface area (Å²) in [6.45, 7) is 0. The van der Waals surface area contributed by atoms with E-state index in [0.717, 1.165) is 31.4 Å². The summed E-state index contributed by atoms with van der Waals surface area (Å²) in [4.78, 5) is 25.8. The molecule has 3 aromatic rings. The predicted molar refractivity (Wildman–Crippen MR) is 108 cm³/mol. The standard InChI is InChI=1S/C22H24FN5O2/c1-28-21-17(7-14(23)9-25-21)20(27-28)18-11-24-10-15(26-18)8-16-12-3-5-13(6-4-12)19(16)22(29)30-2/h7,9-13,16,19H,3-6,8H2,1-2H3/t12?,13?,16?,19-/m0/s1. The maximum absolute atomic E-state index is 13.8. The summed E-state index contributed by atoms with van der Waals surface area (Å²) in [6, 6.07) is 1.42. The Morgan fingerprint density at radius 3 is 2.73 bits per heavy atom. The number of fused-ring (bicyclic) bond motifs is 4. The molecule has 1 unspecified atom stereocenters. The highest BCUT2D eigenvalue weighted by molar-refractivity contribution is 5.89. The van der Waals surface area contributed by atoms with E-state index >= 15 is 0 Å². The minimum absolute atomic E-state index is 0.0677. The smallest absolute Gasteiger partial charge is 0.309 e. The zero-order chi connectivity index (χ0) is 20.8. The maximum atomic E-state index is 13.8. The topological polar surface area (TPSA) is 82.8 Å². The Balaban J connectivity index is 1.49. The molecule has 156 valence electrons. The lowest BCUT2D eigenvalue weighted by atomic mass is 9.57. The lowest BCUT2D eigenvalue weighted by molar-refractivity contribution is -0.156. The molecule has 6 rings (SSSR count). The van der Waals surface area contributed by atoms with Gasteiger partial charge < -0.3 is 4.74 Å².